The molecule has 7 heteroatoms. The number of aromatic nitrogens is 3. The van der Waals surface area contributed by atoms with Crippen molar-refractivity contribution in [2.75, 3.05) is 20.8 Å². The molecule has 134 valence electrons. The first-order valence-corrected chi connectivity index (χ1v) is 8.44. The van der Waals surface area contributed by atoms with Crippen molar-refractivity contribution >= 4 is 11.6 Å². The topological polar surface area (TPSA) is 69.0 Å². The Balaban J connectivity index is 1.65. The minimum Gasteiger partial charge on any atom is -0.493 e. The van der Waals surface area contributed by atoms with Crippen LogP contribution in [0.3, 0.4) is 0 Å². The van der Waals surface area contributed by atoms with Crippen molar-refractivity contribution in [3.05, 3.63) is 53.0 Å². The quantitative estimate of drug-likeness (QED) is 0.723. The smallest absolute Gasteiger partial charge is 0.257 e. The van der Waals surface area contributed by atoms with E-state index in [-0.39, 0.29) is 5.91 Å². The maximum absolute atomic E-state index is 13.1. The molecule has 2 aromatic heterocycles. The number of carbonyl (C=O) groups excluding carboxylic acids is 1. The monoisotopic (exact) mass is 352 g/mol. The van der Waals surface area contributed by atoms with Gasteiger partial charge in [-0.2, -0.15) is 5.10 Å². The summed E-state index contributed by atoms with van der Waals surface area (Å²) in [7, 11) is 3.24. The largest absolute Gasteiger partial charge is 0.493 e. The second kappa shape index (κ2) is 6.33. The van der Waals surface area contributed by atoms with Gasteiger partial charge in [0.2, 0.25) is 0 Å². The summed E-state index contributed by atoms with van der Waals surface area (Å²) >= 11 is 0. The molecule has 0 aliphatic carbocycles. The molecule has 7 nitrogen and oxygen atoms in total. The van der Waals surface area contributed by atoms with Crippen LogP contribution in [0.15, 0.2) is 30.6 Å². The molecule has 1 amide bonds. The van der Waals surface area contributed by atoms with Crippen molar-refractivity contribution in [3.8, 4) is 11.5 Å². The van der Waals surface area contributed by atoms with Crippen LogP contribution in [0.25, 0.3) is 5.65 Å². The number of ether oxygens (including phenoxy) is 2. The summed E-state index contributed by atoms with van der Waals surface area (Å²) < 4.78 is 12.5. The first kappa shape index (κ1) is 16.4. The zero-order valence-corrected chi connectivity index (χ0v) is 15.0. The highest BCUT2D eigenvalue weighted by atomic mass is 16.5. The third-order valence-electron chi connectivity index (χ3n) is 4.89. The highest BCUT2D eigenvalue weighted by Crippen LogP contribution is 2.33. The Labute approximate surface area is 151 Å². The number of rotatable bonds is 3. The normalized spacial score (nSPS) is 13.6. The van der Waals surface area contributed by atoms with Crippen LogP contribution in [0.5, 0.6) is 11.5 Å². The molecule has 0 N–H and O–H groups in total. The van der Waals surface area contributed by atoms with E-state index in [1.54, 1.807) is 31.1 Å². The Kier molecular flexibility index (Phi) is 3.99. The molecule has 1 aromatic carbocycles. The van der Waals surface area contributed by atoms with Gasteiger partial charge in [0.25, 0.3) is 5.91 Å². The van der Waals surface area contributed by atoms with Crippen LogP contribution >= 0.6 is 0 Å². The van der Waals surface area contributed by atoms with Gasteiger partial charge in [0.15, 0.2) is 17.1 Å². The number of nitrogens with zero attached hydrogens (tertiary/aromatic N) is 4. The summed E-state index contributed by atoms with van der Waals surface area (Å²) in [5.74, 6) is 1.36. The first-order valence-electron chi connectivity index (χ1n) is 8.44. The number of carbonyl (C=O) groups is 1. The van der Waals surface area contributed by atoms with Gasteiger partial charge < -0.3 is 14.4 Å². The van der Waals surface area contributed by atoms with Crippen LogP contribution in [-0.2, 0) is 13.0 Å². The fourth-order valence-corrected chi connectivity index (χ4v) is 3.43. The lowest BCUT2D eigenvalue weighted by Gasteiger charge is -2.30. The number of methoxy groups -OCH3 is 2. The SMILES string of the molecule is COc1cc2c(cc1OC)CN(C(=O)c1cnc3ccnn3c1C)CC2. The van der Waals surface area contributed by atoms with Crippen molar-refractivity contribution in [2.45, 2.75) is 19.9 Å². The van der Waals surface area contributed by atoms with Crippen LogP contribution in [0.2, 0.25) is 0 Å². The molecule has 26 heavy (non-hydrogen) atoms. The first-order chi connectivity index (χ1) is 12.6. The minimum absolute atomic E-state index is 0.0344. The van der Waals surface area contributed by atoms with E-state index in [1.807, 2.05) is 30.0 Å². The number of amides is 1. The summed E-state index contributed by atoms with van der Waals surface area (Å²) in [5.41, 5.74) is 4.37. The lowest BCUT2D eigenvalue weighted by molar-refractivity contribution is 0.0732. The molecule has 0 saturated carbocycles. The molecule has 3 heterocycles. The van der Waals surface area contributed by atoms with Crippen molar-refractivity contribution in [1.29, 1.82) is 0 Å². The highest BCUT2D eigenvalue weighted by molar-refractivity contribution is 5.95. The van der Waals surface area contributed by atoms with Crippen LogP contribution in [0, 0.1) is 6.92 Å². The van der Waals surface area contributed by atoms with E-state index in [4.69, 9.17) is 9.47 Å². The summed E-state index contributed by atoms with van der Waals surface area (Å²) in [5, 5.41) is 4.24. The van der Waals surface area contributed by atoms with Gasteiger partial charge in [-0.1, -0.05) is 0 Å². The predicted molar refractivity (Wildman–Crippen MR) is 95.7 cm³/mol. The van der Waals surface area contributed by atoms with E-state index in [9.17, 15) is 4.79 Å². The van der Waals surface area contributed by atoms with Gasteiger partial charge >= 0.3 is 0 Å². The predicted octanol–water partition coefficient (Wildman–Crippen LogP) is 2.25. The highest BCUT2D eigenvalue weighted by Gasteiger charge is 2.25. The molecule has 0 spiro atoms. The maximum atomic E-state index is 13.1. The summed E-state index contributed by atoms with van der Waals surface area (Å²) in [4.78, 5) is 19.2. The second-order valence-electron chi connectivity index (χ2n) is 6.31. The second-order valence-corrected chi connectivity index (χ2v) is 6.31. The molecular formula is C19H20N4O3. The number of hydrogen-bond acceptors (Lipinski definition) is 5. The summed E-state index contributed by atoms with van der Waals surface area (Å²) in [6.07, 6.45) is 4.09. The Morgan fingerprint density at radius 2 is 1.88 bits per heavy atom. The van der Waals surface area contributed by atoms with E-state index in [1.165, 1.54) is 5.56 Å². The molecule has 1 aliphatic heterocycles. The summed E-state index contributed by atoms with van der Waals surface area (Å²) in [6.45, 7) is 3.07. The zero-order valence-electron chi connectivity index (χ0n) is 15.0. The van der Waals surface area contributed by atoms with Gasteiger partial charge in [-0.3, -0.25) is 4.79 Å². The van der Waals surface area contributed by atoms with E-state index in [0.29, 0.717) is 24.4 Å². The van der Waals surface area contributed by atoms with E-state index >= 15 is 0 Å². The minimum atomic E-state index is -0.0344. The molecule has 4 rings (SSSR count). The zero-order chi connectivity index (χ0) is 18.3. The number of benzene rings is 1. The van der Waals surface area contributed by atoms with Gasteiger partial charge in [-0.15, -0.1) is 0 Å². The third kappa shape index (κ3) is 2.56. The van der Waals surface area contributed by atoms with Gasteiger partial charge in [0.05, 0.1) is 31.7 Å². The molecule has 0 unspecified atom stereocenters. The molecule has 0 atom stereocenters. The molecule has 0 radical (unpaired) electrons. The van der Waals surface area contributed by atoms with E-state index in [0.717, 1.165) is 29.1 Å². The molecule has 0 saturated heterocycles. The van der Waals surface area contributed by atoms with Crippen molar-refractivity contribution < 1.29 is 14.3 Å². The Bertz CT molecular complexity index is 996. The molecule has 0 fully saturated rings. The number of aryl methyl sites for hydroxylation is 1. The average molecular weight is 352 g/mol. The lowest BCUT2D eigenvalue weighted by Crippen LogP contribution is -2.36. The van der Waals surface area contributed by atoms with Gasteiger partial charge in [0.1, 0.15) is 0 Å². The fourth-order valence-electron chi connectivity index (χ4n) is 3.43. The Morgan fingerprint density at radius 3 is 2.62 bits per heavy atom. The summed E-state index contributed by atoms with van der Waals surface area (Å²) in [6, 6.07) is 5.77. The average Bonchev–Trinajstić information content (AvgIpc) is 3.16. The maximum Gasteiger partial charge on any atom is 0.257 e. The van der Waals surface area contributed by atoms with Crippen molar-refractivity contribution in [3.63, 3.8) is 0 Å². The molecule has 0 bridgehead atoms. The number of hydrogen-bond donors (Lipinski definition) is 0. The van der Waals surface area contributed by atoms with Crippen LogP contribution in [0.1, 0.15) is 27.2 Å². The van der Waals surface area contributed by atoms with Crippen molar-refractivity contribution in [1.82, 2.24) is 19.5 Å². The number of fused-ring (bicyclic) bond motifs is 2. The fraction of sp³-hybridized carbons (Fsp3) is 0.316. The standard InChI is InChI=1S/C19H20N4O3/c1-12-15(10-20-18-4-6-21-23(12)18)19(24)22-7-5-13-8-16(25-2)17(26-3)9-14(13)11-22/h4,6,8-10H,5,7,11H2,1-3H3. The molecular weight excluding hydrogens is 332 g/mol. The van der Waals surface area contributed by atoms with Gasteiger partial charge in [-0.25, -0.2) is 9.50 Å². The lowest BCUT2D eigenvalue weighted by atomic mass is 9.98. The molecule has 1 aliphatic rings. The Hall–Kier alpha value is -3.09. The van der Waals surface area contributed by atoms with Crippen LogP contribution < -0.4 is 9.47 Å². The van der Waals surface area contributed by atoms with Crippen LogP contribution in [0.4, 0.5) is 0 Å². The van der Waals surface area contributed by atoms with Crippen LogP contribution in [-0.4, -0.2) is 46.2 Å². The Morgan fingerprint density at radius 1 is 1.15 bits per heavy atom. The molecule has 3 aromatic rings. The third-order valence-corrected chi connectivity index (χ3v) is 4.89. The van der Waals surface area contributed by atoms with E-state index in [2.05, 4.69) is 10.1 Å². The van der Waals surface area contributed by atoms with Crippen molar-refractivity contribution in [2.24, 2.45) is 0 Å². The van der Waals surface area contributed by atoms with E-state index < -0.39 is 0 Å². The van der Waals surface area contributed by atoms with Gasteiger partial charge in [-0.05, 0) is 36.6 Å². The van der Waals surface area contributed by atoms with Gasteiger partial charge in [0, 0.05) is 25.4 Å².